The van der Waals surface area contributed by atoms with Crippen LogP contribution in [0.3, 0.4) is 0 Å². The van der Waals surface area contributed by atoms with E-state index in [1.54, 1.807) is 29.2 Å². The van der Waals surface area contributed by atoms with Gasteiger partial charge in [-0.2, -0.15) is 0 Å². The molecular weight excluding hydrogens is 398 g/mol. The average molecular weight is 423 g/mol. The fourth-order valence-electron chi connectivity index (χ4n) is 3.43. The zero-order valence-electron chi connectivity index (χ0n) is 16.5. The molecule has 0 unspecified atom stereocenters. The summed E-state index contributed by atoms with van der Waals surface area (Å²) in [5.41, 5.74) is 0.710. The molecule has 0 radical (unpaired) electrons. The number of methoxy groups -OCH3 is 2. The maximum absolute atomic E-state index is 12.6. The Morgan fingerprint density at radius 2 is 1.83 bits per heavy atom. The Hall–Kier alpha value is -2.55. The largest absolute Gasteiger partial charge is 0.493 e. The lowest BCUT2D eigenvalue weighted by molar-refractivity contribution is -0.149. The van der Waals surface area contributed by atoms with E-state index in [0.29, 0.717) is 23.5 Å². The van der Waals surface area contributed by atoms with E-state index in [1.165, 1.54) is 20.3 Å². The summed E-state index contributed by atoms with van der Waals surface area (Å²) in [5.74, 6) is 0.201. The molecule has 0 aromatic heterocycles. The highest BCUT2D eigenvalue weighted by Gasteiger charge is 2.42. The Morgan fingerprint density at radius 1 is 1.10 bits per heavy atom. The molecule has 0 bridgehead atoms. The Kier molecular flexibility index (Phi) is 6.46. The number of nitrogens with zero attached hydrogens (tertiary/aromatic N) is 1. The van der Waals surface area contributed by atoms with Crippen LogP contribution in [0.15, 0.2) is 24.3 Å². The topological polar surface area (TPSA) is 99.2 Å². The van der Waals surface area contributed by atoms with Gasteiger partial charge < -0.3 is 19.1 Å². The maximum Gasteiger partial charge on any atom is 0.331 e. The molecule has 8 nitrogen and oxygen atoms in total. The van der Waals surface area contributed by atoms with Crippen molar-refractivity contribution in [2.75, 3.05) is 32.3 Å². The van der Waals surface area contributed by atoms with E-state index in [9.17, 15) is 18.0 Å². The highest BCUT2D eigenvalue weighted by molar-refractivity contribution is 7.91. The minimum absolute atomic E-state index is 0.0115. The average Bonchev–Trinajstić information content (AvgIpc) is 3.47. The Labute approximate surface area is 170 Å². The smallest absolute Gasteiger partial charge is 0.331 e. The van der Waals surface area contributed by atoms with Gasteiger partial charge in [-0.1, -0.05) is 6.07 Å². The Bertz CT molecular complexity index is 905. The van der Waals surface area contributed by atoms with E-state index in [4.69, 9.17) is 14.2 Å². The number of benzene rings is 1. The fraction of sp³-hybridized carbons (Fsp3) is 0.500. The van der Waals surface area contributed by atoms with Gasteiger partial charge in [0.2, 0.25) is 0 Å². The molecule has 1 aliphatic carbocycles. The zero-order valence-corrected chi connectivity index (χ0v) is 17.3. The third-order valence-electron chi connectivity index (χ3n) is 4.99. The number of esters is 1. The summed E-state index contributed by atoms with van der Waals surface area (Å²) >= 11 is 0. The molecule has 1 aliphatic heterocycles. The van der Waals surface area contributed by atoms with Crippen molar-refractivity contribution >= 4 is 27.8 Å². The first kappa shape index (κ1) is 21.2. The normalized spacial score (nSPS) is 20.4. The Morgan fingerprint density at radius 3 is 2.41 bits per heavy atom. The molecule has 2 aliphatic rings. The van der Waals surface area contributed by atoms with Crippen molar-refractivity contribution in [2.24, 2.45) is 0 Å². The van der Waals surface area contributed by atoms with Gasteiger partial charge in [-0.15, -0.1) is 0 Å². The van der Waals surface area contributed by atoms with E-state index in [-0.39, 0.29) is 29.5 Å². The number of ether oxygens (including phenoxy) is 3. The molecule has 1 saturated heterocycles. The predicted molar refractivity (Wildman–Crippen MR) is 106 cm³/mol. The quantitative estimate of drug-likeness (QED) is 0.461. The predicted octanol–water partition coefficient (Wildman–Crippen LogP) is 1.44. The summed E-state index contributed by atoms with van der Waals surface area (Å²) < 4.78 is 38.9. The highest BCUT2D eigenvalue weighted by atomic mass is 32.2. The van der Waals surface area contributed by atoms with Gasteiger partial charge in [-0.25, -0.2) is 13.2 Å². The molecule has 1 saturated carbocycles. The number of hydrogen-bond acceptors (Lipinski definition) is 7. The van der Waals surface area contributed by atoms with Crippen molar-refractivity contribution in [3.8, 4) is 11.5 Å². The highest BCUT2D eigenvalue weighted by Crippen LogP contribution is 2.32. The van der Waals surface area contributed by atoms with Gasteiger partial charge in [0.25, 0.3) is 5.91 Å². The van der Waals surface area contributed by atoms with Crippen LogP contribution < -0.4 is 9.47 Å². The second kappa shape index (κ2) is 8.86. The molecule has 9 heteroatoms. The molecule has 0 N–H and O–H groups in total. The summed E-state index contributed by atoms with van der Waals surface area (Å²) in [6.07, 6.45) is 4.94. The van der Waals surface area contributed by atoms with E-state index >= 15 is 0 Å². The van der Waals surface area contributed by atoms with Gasteiger partial charge in [0.15, 0.2) is 27.9 Å². The third kappa shape index (κ3) is 5.50. The number of carbonyl (C=O) groups is 2. The molecule has 0 spiro atoms. The van der Waals surface area contributed by atoms with Crippen molar-refractivity contribution in [3.63, 3.8) is 0 Å². The lowest BCUT2D eigenvalue weighted by Gasteiger charge is -2.28. The minimum Gasteiger partial charge on any atom is -0.493 e. The van der Waals surface area contributed by atoms with Crippen molar-refractivity contribution in [3.05, 3.63) is 29.8 Å². The molecular formula is C20H25NO7S. The van der Waals surface area contributed by atoms with Gasteiger partial charge in [0, 0.05) is 18.2 Å². The van der Waals surface area contributed by atoms with Gasteiger partial charge in [0.05, 0.1) is 25.7 Å². The number of hydrogen-bond donors (Lipinski definition) is 0. The van der Waals surface area contributed by atoms with Crippen LogP contribution in [-0.4, -0.2) is 69.6 Å². The zero-order chi connectivity index (χ0) is 21.0. The number of rotatable bonds is 8. The van der Waals surface area contributed by atoms with Crippen LogP contribution in [0.25, 0.3) is 6.08 Å². The molecule has 1 heterocycles. The molecule has 3 rings (SSSR count). The molecule has 2 fully saturated rings. The van der Waals surface area contributed by atoms with Crippen molar-refractivity contribution in [1.82, 2.24) is 4.90 Å². The van der Waals surface area contributed by atoms with Crippen LogP contribution in [0, 0.1) is 0 Å². The molecule has 158 valence electrons. The molecule has 1 aromatic carbocycles. The third-order valence-corrected chi connectivity index (χ3v) is 6.74. The maximum atomic E-state index is 12.6. The summed E-state index contributed by atoms with van der Waals surface area (Å²) in [4.78, 5) is 26.2. The van der Waals surface area contributed by atoms with Crippen molar-refractivity contribution < 1.29 is 32.2 Å². The lowest BCUT2D eigenvalue weighted by atomic mass is 10.2. The summed E-state index contributed by atoms with van der Waals surface area (Å²) in [6.45, 7) is -0.401. The summed E-state index contributed by atoms with van der Waals surface area (Å²) in [6, 6.07) is 4.92. The summed E-state index contributed by atoms with van der Waals surface area (Å²) in [5, 5.41) is 0. The van der Waals surface area contributed by atoms with Crippen LogP contribution in [0.1, 0.15) is 24.8 Å². The first-order valence-electron chi connectivity index (χ1n) is 9.41. The van der Waals surface area contributed by atoms with Crippen LogP contribution in [-0.2, 0) is 24.2 Å². The first-order chi connectivity index (χ1) is 13.8. The first-order valence-corrected chi connectivity index (χ1v) is 11.2. The number of amides is 1. The second-order valence-corrected chi connectivity index (χ2v) is 9.37. The molecule has 1 amide bonds. The van der Waals surface area contributed by atoms with Crippen LogP contribution in [0.5, 0.6) is 11.5 Å². The monoisotopic (exact) mass is 423 g/mol. The van der Waals surface area contributed by atoms with Gasteiger partial charge in [-0.3, -0.25) is 4.79 Å². The van der Waals surface area contributed by atoms with E-state index in [2.05, 4.69) is 0 Å². The second-order valence-electron chi connectivity index (χ2n) is 7.14. The Balaban J connectivity index is 1.55. The van der Waals surface area contributed by atoms with Crippen LogP contribution >= 0.6 is 0 Å². The minimum atomic E-state index is -3.09. The van der Waals surface area contributed by atoms with Crippen molar-refractivity contribution in [2.45, 2.75) is 31.3 Å². The van der Waals surface area contributed by atoms with Gasteiger partial charge in [-0.05, 0) is 43.0 Å². The lowest BCUT2D eigenvalue weighted by Crippen LogP contribution is -2.44. The SMILES string of the molecule is COc1ccc(/C=C/C(=O)OCC(=O)N(C2CC2)[C@@H]2CCS(=O)(=O)C2)cc1OC. The van der Waals surface area contributed by atoms with Crippen molar-refractivity contribution in [1.29, 1.82) is 0 Å². The fourth-order valence-corrected chi connectivity index (χ4v) is 5.14. The molecule has 29 heavy (non-hydrogen) atoms. The molecule has 1 atom stereocenters. The van der Waals surface area contributed by atoms with E-state index in [1.807, 2.05) is 0 Å². The summed E-state index contributed by atoms with van der Waals surface area (Å²) in [7, 11) is -0.0375. The number of carbonyl (C=O) groups excluding carboxylic acids is 2. The molecule has 1 aromatic rings. The van der Waals surface area contributed by atoms with Gasteiger partial charge in [0.1, 0.15) is 0 Å². The van der Waals surface area contributed by atoms with Crippen LogP contribution in [0.4, 0.5) is 0 Å². The van der Waals surface area contributed by atoms with E-state index in [0.717, 1.165) is 12.8 Å². The number of sulfone groups is 1. The standard InChI is InChI=1S/C20H25NO7S/c1-26-17-7-3-14(11-18(17)27-2)4-8-20(23)28-12-19(22)21(15-5-6-15)16-9-10-29(24,25)13-16/h3-4,7-8,11,15-16H,5-6,9-10,12-13H2,1-2H3/b8-4+/t16-/m1/s1. The van der Waals surface area contributed by atoms with Gasteiger partial charge >= 0.3 is 5.97 Å². The van der Waals surface area contributed by atoms with E-state index < -0.39 is 22.4 Å². The van der Waals surface area contributed by atoms with Crippen LogP contribution in [0.2, 0.25) is 0 Å².